The van der Waals surface area contributed by atoms with Crippen molar-refractivity contribution < 1.29 is 17.6 Å². The van der Waals surface area contributed by atoms with Gasteiger partial charge in [-0.15, -0.1) is 0 Å². The van der Waals surface area contributed by atoms with E-state index in [9.17, 15) is 17.6 Å². The van der Waals surface area contributed by atoms with Gasteiger partial charge in [-0.2, -0.15) is 0 Å². The summed E-state index contributed by atoms with van der Waals surface area (Å²) in [6, 6.07) is 2.20. The van der Waals surface area contributed by atoms with Gasteiger partial charge in [0.1, 0.15) is 4.90 Å². The minimum Gasteiger partial charge on any atom is -0.349 e. The van der Waals surface area contributed by atoms with Gasteiger partial charge in [-0.1, -0.05) is 22.4 Å². The summed E-state index contributed by atoms with van der Waals surface area (Å²) in [5, 5.41) is 7.66. The van der Waals surface area contributed by atoms with Crippen LogP contribution in [0.2, 0.25) is 0 Å². The number of carbonyl (C=O) groups excluding carboxylic acids is 1. The Hall–Kier alpha value is -0.990. The largest absolute Gasteiger partial charge is 0.349 e. The third kappa shape index (κ3) is 3.61. The Kier molecular flexibility index (Phi) is 4.69. The predicted molar refractivity (Wildman–Crippen MR) is 79.7 cm³/mol. The molecule has 1 amide bonds. The molecule has 116 valence electrons. The summed E-state index contributed by atoms with van der Waals surface area (Å²) >= 11 is 3.06. The second-order valence-corrected chi connectivity index (χ2v) is 7.71. The van der Waals surface area contributed by atoms with Crippen LogP contribution < -0.4 is 10.5 Å². The molecule has 0 bridgehead atoms. The highest BCUT2D eigenvalue weighted by Crippen LogP contribution is 2.30. The first-order chi connectivity index (χ1) is 9.70. The molecule has 0 radical (unpaired) electrons. The van der Waals surface area contributed by atoms with E-state index in [0.717, 1.165) is 25.3 Å². The van der Waals surface area contributed by atoms with E-state index in [0.29, 0.717) is 5.92 Å². The van der Waals surface area contributed by atoms with Gasteiger partial charge in [0, 0.05) is 10.5 Å². The fourth-order valence-electron chi connectivity index (χ4n) is 2.28. The molecule has 0 spiro atoms. The van der Waals surface area contributed by atoms with Crippen LogP contribution in [0.1, 0.15) is 36.5 Å². The third-order valence-corrected chi connectivity index (χ3v) is 5.14. The Morgan fingerprint density at radius 3 is 2.57 bits per heavy atom. The minimum absolute atomic E-state index is 0.0810. The molecule has 1 unspecified atom stereocenters. The number of primary sulfonamides is 1. The molecule has 1 aliphatic carbocycles. The van der Waals surface area contributed by atoms with Crippen LogP contribution in [-0.4, -0.2) is 20.4 Å². The Morgan fingerprint density at radius 1 is 1.48 bits per heavy atom. The number of hydrogen-bond donors (Lipinski definition) is 2. The molecule has 0 heterocycles. The number of rotatable bonds is 4. The molecule has 1 fully saturated rings. The van der Waals surface area contributed by atoms with Crippen molar-refractivity contribution in [2.45, 2.75) is 37.1 Å². The number of sulfonamides is 1. The average molecular weight is 379 g/mol. The van der Waals surface area contributed by atoms with E-state index in [4.69, 9.17) is 5.14 Å². The van der Waals surface area contributed by atoms with Crippen LogP contribution >= 0.6 is 15.9 Å². The number of benzene rings is 1. The molecule has 0 aromatic heterocycles. The summed E-state index contributed by atoms with van der Waals surface area (Å²) in [5.74, 6) is -1.38. The lowest BCUT2D eigenvalue weighted by Crippen LogP contribution is -2.41. The standard InChI is InChI=1S/C13H16BrFN2O3S/c1-7(8-3-2-4-8)17-13(18)10-5-9(14)6-11(12(10)15)21(16,19)20/h5-8H,2-4H2,1H3,(H,17,18)(H2,16,19,20). The number of carbonyl (C=O) groups is 1. The topological polar surface area (TPSA) is 89.3 Å². The quantitative estimate of drug-likeness (QED) is 0.840. The molecular formula is C13H16BrFN2O3S. The van der Waals surface area contributed by atoms with E-state index >= 15 is 0 Å². The second kappa shape index (κ2) is 6.02. The van der Waals surface area contributed by atoms with E-state index in [1.165, 1.54) is 6.07 Å². The number of amides is 1. The Bertz CT molecular complexity index is 674. The van der Waals surface area contributed by atoms with Crippen LogP contribution in [0.3, 0.4) is 0 Å². The van der Waals surface area contributed by atoms with Crippen LogP contribution in [0.4, 0.5) is 4.39 Å². The summed E-state index contributed by atoms with van der Waals surface area (Å²) in [6.07, 6.45) is 3.20. The first-order valence-corrected chi connectivity index (χ1v) is 8.87. The maximum atomic E-state index is 14.2. The zero-order valence-electron chi connectivity index (χ0n) is 11.4. The summed E-state index contributed by atoms with van der Waals surface area (Å²) in [4.78, 5) is 11.4. The molecule has 1 atom stereocenters. The van der Waals surface area contributed by atoms with Gasteiger partial charge in [0.2, 0.25) is 10.0 Å². The van der Waals surface area contributed by atoms with Gasteiger partial charge in [0.05, 0.1) is 5.56 Å². The van der Waals surface area contributed by atoms with Crippen molar-refractivity contribution in [1.82, 2.24) is 5.32 Å². The van der Waals surface area contributed by atoms with Gasteiger partial charge < -0.3 is 5.32 Å². The highest BCUT2D eigenvalue weighted by atomic mass is 79.9. The lowest BCUT2D eigenvalue weighted by molar-refractivity contribution is 0.0904. The van der Waals surface area contributed by atoms with E-state index < -0.39 is 26.6 Å². The van der Waals surface area contributed by atoms with Crippen molar-refractivity contribution in [2.75, 3.05) is 0 Å². The molecule has 1 aromatic rings. The maximum absolute atomic E-state index is 14.2. The summed E-state index contributed by atoms with van der Waals surface area (Å²) in [7, 11) is -4.24. The maximum Gasteiger partial charge on any atom is 0.254 e. The van der Waals surface area contributed by atoms with Crippen LogP contribution in [-0.2, 0) is 10.0 Å². The molecule has 2 rings (SSSR count). The van der Waals surface area contributed by atoms with E-state index in [-0.39, 0.29) is 16.1 Å². The second-order valence-electron chi connectivity index (χ2n) is 5.26. The van der Waals surface area contributed by atoms with Crippen molar-refractivity contribution >= 4 is 31.9 Å². The fourth-order valence-corrected chi connectivity index (χ4v) is 3.54. The highest BCUT2D eigenvalue weighted by molar-refractivity contribution is 9.10. The number of nitrogens with one attached hydrogen (secondary N) is 1. The summed E-state index contributed by atoms with van der Waals surface area (Å²) in [6.45, 7) is 1.86. The Morgan fingerprint density at radius 2 is 2.10 bits per heavy atom. The molecule has 8 heteroatoms. The fraction of sp³-hybridized carbons (Fsp3) is 0.462. The van der Waals surface area contributed by atoms with Gasteiger partial charge in [0.15, 0.2) is 5.82 Å². The van der Waals surface area contributed by atoms with Crippen LogP contribution in [0, 0.1) is 11.7 Å². The Balaban J connectivity index is 2.30. The van der Waals surface area contributed by atoms with Crippen molar-refractivity contribution in [3.05, 3.63) is 28.0 Å². The molecular weight excluding hydrogens is 363 g/mol. The molecule has 0 aliphatic heterocycles. The lowest BCUT2D eigenvalue weighted by Gasteiger charge is -2.31. The zero-order chi connectivity index (χ0) is 15.8. The van der Waals surface area contributed by atoms with Crippen molar-refractivity contribution in [1.29, 1.82) is 0 Å². The SMILES string of the molecule is CC(NC(=O)c1cc(Br)cc(S(N)(=O)=O)c1F)C1CCC1. The normalized spacial score (nSPS) is 17.1. The number of hydrogen-bond acceptors (Lipinski definition) is 3. The average Bonchev–Trinajstić information content (AvgIpc) is 2.27. The van der Waals surface area contributed by atoms with Gasteiger partial charge >= 0.3 is 0 Å². The van der Waals surface area contributed by atoms with E-state index in [1.54, 1.807) is 0 Å². The first-order valence-electron chi connectivity index (χ1n) is 6.53. The highest BCUT2D eigenvalue weighted by Gasteiger charge is 2.27. The molecule has 3 N–H and O–H groups in total. The predicted octanol–water partition coefficient (Wildman–Crippen LogP) is 2.15. The lowest BCUT2D eigenvalue weighted by atomic mass is 9.80. The molecule has 1 saturated carbocycles. The van der Waals surface area contributed by atoms with Crippen LogP contribution in [0.15, 0.2) is 21.5 Å². The summed E-state index contributed by atoms with van der Waals surface area (Å²) < 4.78 is 37.2. The molecule has 5 nitrogen and oxygen atoms in total. The van der Waals surface area contributed by atoms with Gasteiger partial charge in [-0.05, 0) is 37.8 Å². The minimum atomic E-state index is -4.24. The molecule has 1 aromatic carbocycles. The van der Waals surface area contributed by atoms with E-state index in [1.807, 2.05) is 6.92 Å². The first kappa shape index (κ1) is 16.4. The van der Waals surface area contributed by atoms with Gasteiger partial charge in [-0.3, -0.25) is 4.79 Å². The van der Waals surface area contributed by atoms with Crippen molar-refractivity contribution in [3.8, 4) is 0 Å². The number of nitrogens with two attached hydrogens (primary N) is 1. The number of halogens is 2. The van der Waals surface area contributed by atoms with Gasteiger partial charge in [-0.25, -0.2) is 17.9 Å². The van der Waals surface area contributed by atoms with Crippen LogP contribution in [0.5, 0.6) is 0 Å². The Labute approximate surface area is 131 Å². The van der Waals surface area contributed by atoms with E-state index in [2.05, 4.69) is 21.2 Å². The van der Waals surface area contributed by atoms with Crippen molar-refractivity contribution in [3.63, 3.8) is 0 Å². The molecule has 1 aliphatic rings. The van der Waals surface area contributed by atoms with Gasteiger partial charge in [0.25, 0.3) is 5.91 Å². The summed E-state index contributed by atoms with van der Waals surface area (Å²) in [5.41, 5.74) is -0.334. The monoisotopic (exact) mass is 378 g/mol. The van der Waals surface area contributed by atoms with Crippen LogP contribution in [0.25, 0.3) is 0 Å². The zero-order valence-corrected chi connectivity index (χ0v) is 13.8. The molecule has 0 saturated heterocycles. The molecule has 21 heavy (non-hydrogen) atoms. The van der Waals surface area contributed by atoms with Crippen molar-refractivity contribution in [2.24, 2.45) is 11.1 Å². The third-order valence-electron chi connectivity index (χ3n) is 3.77. The smallest absolute Gasteiger partial charge is 0.254 e.